The molecule has 0 radical (unpaired) electrons. The first-order chi connectivity index (χ1) is 19.9. The van der Waals surface area contributed by atoms with Crippen LogP contribution in [0.15, 0.2) is 24.3 Å². The molecule has 4 N–H and O–H groups in total. The summed E-state index contributed by atoms with van der Waals surface area (Å²) < 4.78 is 23.2. The highest BCUT2D eigenvalue weighted by molar-refractivity contribution is 6.08. The summed E-state index contributed by atoms with van der Waals surface area (Å²) in [5.74, 6) is -3.84. The largest absolute Gasteiger partial charge is 0.507 e. The molecule has 0 aromatic heterocycles. The van der Waals surface area contributed by atoms with E-state index < -0.39 is 65.9 Å². The maximum absolute atomic E-state index is 13.5. The van der Waals surface area contributed by atoms with Crippen LogP contribution in [-0.4, -0.2) is 80.6 Å². The molecule has 0 spiro atoms. The van der Waals surface area contributed by atoms with E-state index >= 15 is 0 Å². The van der Waals surface area contributed by atoms with E-state index in [0.29, 0.717) is 0 Å². The van der Waals surface area contributed by atoms with Crippen LogP contribution in [0.3, 0.4) is 0 Å². The highest BCUT2D eigenvalue weighted by Gasteiger charge is 2.56. The van der Waals surface area contributed by atoms with E-state index in [-0.39, 0.29) is 77.0 Å². The molecular formula is C30H30O12. The third kappa shape index (κ3) is 4.03. The zero-order chi connectivity index (χ0) is 30.1. The summed E-state index contributed by atoms with van der Waals surface area (Å²) in [6.45, 7) is 2.20. The number of carbonyl (C=O) groups is 4. The maximum atomic E-state index is 13.5. The van der Waals surface area contributed by atoms with Crippen molar-refractivity contribution in [2.24, 2.45) is 11.8 Å². The average molecular weight is 583 g/mol. The molecule has 2 fully saturated rings. The van der Waals surface area contributed by atoms with Gasteiger partial charge in [-0.2, -0.15) is 0 Å². The van der Waals surface area contributed by atoms with E-state index in [2.05, 4.69) is 0 Å². The summed E-state index contributed by atoms with van der Waals surface area (Å²) in [4.78, 5) is 50.8. The van der Waals surface area contributed by atoms with E-state index in [9.17, 15) is 39.6 Å². The number of hydrogen-bond acceptors (Lipinski definition) is 12. The number of ether oxygens (including phenoxy) is 4. The van der Waals surface area contributed by atoms with Gasteiger partial charge in [0.25, 0.3) is 0 Å². The van der Waals surface area contributed by atoms with E-state index in [0.717, 1.165) is 0 Å². The second-order valence-corrected chi connectivity index (χ2v) is 11.7. The topological polar surface area (TPSA) is 186 Å². The van der Waals surface area contributed by atoms with E-state index in [4.69, 9.17) is 18.9 Å². The zero-order valence-electron chi connectivity index (χ0n) is 22.9. The molecule has 12 heteroatoms. The van der Waals surface area contributed by atoms with Crippen LogP contribution in [0.25, 0.3) is 11.1 Å². The Hall–Kier alpha value is -4.16. The van der Waals surface area contributed by atoms with Gasteiger partial charge in [-0.3, -0.25) is 19.2 Å². The summed E-state index contributed by atoms with van der Waals surface area (Å²) in [6.07, 6.45) is -2.39. The highest BCUT2D eigenvalue weighted by atomic mass is 16.6. The van der Waals surface area contributed by atoms with Crippen molar-refractivity contribution in [2.45, 2.75) is 62.9 Å². The lowest BCUT2D eigenvalue weighted by Gasteiger charge is -2.42. The van der Waals surface area contributed by atoms with Gasteiger partial charge in [-0.15, -0.1) is 0 Å². The van der Waals surface area contributed by atoms with Gasteiger partial charge in [-0.1, -0.05) is 13.8 Å². The van der Waals surface area contributed by atoms with Crippen LogP contribution in [-0.2, 0) is 19.1 Å². The van der Waals surface area contributed by atoms with Gasteiger partial charge >= 0.3 is 11.9 Å². The lowest BCUT2D eigenvalue weighted by molar-refractivity contribution is -0.156. The number of cyclic esters (lactones) is 2. The summed E-state index contributed by atoms with van der Waals surface area (Å²) >= 11 is 0. The molecule has 2 aromatic carbocycles. The lowest BCUT2D eigenvalue weighted by atomic mass is 9.79. The van der Waals surface area contributed by atoms with Crippen LogP contribution in [0.2, 0.25) is 0 Å². The van der Waals surface area contributed by atoms with Crippen molar-refractivity contribution in [2.75, 3.05) is 13.2 Å². The average Bonchev–Trinajstić information content (AvgIpc) is 3.48. The Kier molecular flexibility index (Phi) is 6.46. The number of ketones is 2. The van der Waals surface area contributed by atoms with Gasteiger partial charge in [-0.05, 0) is 24.3 Å². The number of aliphatic hydroxyl groups is 2. The molecule has 2 aromatic rings. The number of rotatable bonds is 5. The predicted octanol–water partition coefficient (Wildman–Crippen LogP) is 2.06. The number of hydrogen-bond donors (Lipinski definition) is 4. The summed E-state index contributed by atoms with van der Waals surface area (Å²) in [6, 6.07) is 5.49. The van der Waals surface area contributed by atoms with Crippen molar-refractivity contribution in [3.63, 3.8) is 0 Å². The quantitative estimate of drug-likeness (QED) is 0.377. The minimum atomic E-state index is -1.64. The number of esters is 2. The molecule has 6 atom stereocenters. The SMILES string of the molecule is CC1CC(=O)OC1C1(CO)CC(=O)c2c(ccc(-c3ccc(O)c4c3OC(CO)(C3OC(=O)CC3C)CC4=O)c2O)O1. The van der Waals surface area contributed by atoms with Crippen molar-refractivity contribution in [3.05, 3.63) is 35.4 Å². The number of benzene rings is 2. The molecule has 6 rings (SSSR count). The number of Topliss-reactive ketones (excluding diaryl/α,β-unsaturated/α-hetero) is 2. The number of carbonyl (C=O) groups excluding carboxylic acids is 4. The predicted molar refractivity (Wildman–Crippen MR) is 141 cm³/mol. The van der Waals surface area contributed by atoms with Crippen LogP contribution >= 0.6 is 0 Å². The van der Waals surface area contributed by atoms with Gasteiger partial charge in [0, 0.05) is 23.0 Å². The molecule has 2 saturated heterocycles. The molecule has 4 aliphatic rings. The molecule has 0 aliphatic carbocycles. The molecule has 0 bridgehead atoms. The first-order valence-electron chi connectivity index (χ1n) is 13.7. The van der Waals surface area contributed by atoms with Gasteiger partial charge < -0.3 is 39.4 Å². The van der Waals surface area contributed by atoms with E-state index in [1.807, 2.05) is 0 Å². The number of aromatic hydroxyl groups is 2. The van der Waals surface area contributed by atoms with Gasteiger partial charge in [0.05, 0.1) is 38.9 Å². The number of aliphatic hydroxyl groups excluding tert-OH is 2. The fraction of sp³-hybridized carbons (Fsp3) is 0.467. The van der Waals surface area contributed by atoms with Crippen molar-refractivity contribution in [1.29, 1.82) is 0 Å². The van der Waals surface area contributed by atoms with Crippen LogP contribution in [0.5, 0.6) is 23.0 Å². The smallest absolute Gasteiger partial charge is 0.306 e. The molecule has 0 saturated carbocycles. The first kappa shape index (κ1) is 28.0. The van der Waals surface area contributed by atoms with Gasteiger partial charge in [0.1, 0.15) is 46.3 Å². The van der Waals surface area contributed by atoms with Crippen molar-refractivity contribution in [3.8, 4) is 34.1 Å². The number of fused-ring (bicyclic) bond motifs is 2. The van der Waals surface area contributed by atoms with E-state index in [1.165, 1.54) is 24.3 Å². The van der Waals surface area contributed by atoms with Gasteiger partial charge in [0.15, 0.2) is 22.8 Å². The van der Waals surface area contributed by atoms with Gasteiger partial charge in [0.2, 0.25) is 0 Å². The second kappa shape index (κ2) is 9.70. The monoisotopic (exact) mass is 582 g/mol. The third-order valence-electron chi connectivity index (χ3n) is 8.76. The molecule has 42 heavy (non-hydrogen) atoms. The molecule has 6 unspecified atom stereocenters. The Balaban J connectivity index is 1.44. The Bertz CT molecular complexity index is 1530. The Labute approximate surface area is 239 Å². The fourth-order valence-corrected chi connectivity index (χ4v) is 6.80. The maximum Gasteiger partial charge on any atom is 0.306 e. The Morgan fingerprint density at radius 2 is 1.26 bits per heavy atom. The molecular weight excluding hydrogens is 552 g/mol. The first-order valence-corrected chi connectivity index (χ1v) is 13.7. The molecule has 4 aliphatic heterocycles. The number of phenols is 2. The normalized spacial score (nSPS) is 32.0. The fourth-order valence-electron chi connectivity index (χ4n) is 6.80. The summed E-state index contributed by atoms with van der Waals surface area (Å²) in [5, 5.41) is 42.7. The third-order valence-corrected chi connectivity index (χ3v) is 8.76. The standard InChI is InChI=1S/C30H30O12/c1-13-7-21(36)39-27(13)29(11-31)10-19(35)24-20(41-29)6-4-15(25(24)38)16-3-5-17(33)23-18(34)9-30(12-32,42-26(16)23)28-14(2)8-22(37)40-28/h3-6,13-14,27-28,31-33,38H,7-12H2,1-2H3. The van der Waals surface area contributed by atoms with Crippen LogP contribution in [0.4, 0.5) is 0 Å². The van der Waals surface area contributed by atoms with Crippen molar-refractivity contribution in [1.82, 2.24) is 0 Å². The molecule has 0 amide bonds. The minimum Gasteiger partial charge on any atom is -0.507 e. The van der Waals surface area contributed by atoms with E-state index in [1.54, 1.807) is 13.8 Å². The molecule has 222 valence electrons. The number of phenolic OH excluding ortho intramolecular Hbond substituents is 2. The zero-order valence-corrected chi connectivity index (χ0v) is 22.9. The van der Waals surface area contributed by atoms with Gasteiger partial charge in [-0.25, -0.2) is 0 Å². The summed E-state index contributed by atoms with van der Waals surface area (Å²) in [7, 11) is 0. The highest BCUT2D eigenvalue weighted by Crippen LogP contribution is 2.52. The van der Waals surface area contributed by atoms with Crippen molar-refractivity contribution < 1.29 is 58.6 Å². The second-order valence-electron chi connectivity index (χ2n) is 11.7. The minimum absolute atomic E-state index is 0.0299. The van der Waals surface area contributed by atoms with Crippen LogP contribution in [0, 0.1) is 11.8 Å². The molecule has 4 heterocycles. The lowest BCUT2D eigenvalue weighted by Crippen LogP contribution is -2.56. The summed E-state index contributed by atoms with van der Waals surface area (Å²) in [5.41, 5.74) is -3.33. The Morgan fingerprint density at radius 1 is 0.738 bits per heavy atom. The van der Waals surface area contributed by atoms with Crippen molar-refractivity contribution >= 4 is 23.5 Å². The van der Waals surface area contributed by atoms with Crippen LogP contribution < -0.4 is 9.47 Å². The molecule has 12 nitrogen and oxygen atoms in total. The van der Waals surface area contributed by atoms with Crippen LogP contribution in [0.1, 0.15) is 60.2 Å². The Morgan fingerprint density at radius 3 is 1.79 bits per heavy atom.